The number of fused-ring (bicyclic) bond motifs is 1. The maximum Gasteiger partial charge on any atom is 0.225 e. The van der Waals surface area contributed by atoms with Crippen molar-refractivity contribution in [2.45, 2.75) is 63.9 Å². The molecule has 0 radical (unpaired) electrons. The molecular weight excluding hydrogens is 272 g/mol. The molecule has 5 heteroatoms. The van der Waals surface area contributed by atoms with Crippen molar-refractivity contribution < 1.29 is 24.1 Å². The molecule has 2 aliphatic heterocycles. The maximum atomic E-state index is 11.0. The Morgan fingerprint density at radius 2 is 1.90 bits per heavy atom. The lowest BCUT2D eigenvalue weighted by atomic mass is 10.0. The van der Waals surface area contributed by atoms with Crippen LogP contribution in [0.15, 0.2) is 30.3 Å². The third-order valence-corrected chi connectivity index (χ3v) is 3.91. The predicted molar refractivity (Wildman–Crippen MR) is 75.2 cm³/mol. The molecule has 0 bridgehead atoms. The van der Waals surface area contributed by atoms with Gasteiger partial charge in [0.2, 0.25) is 5.79 Å². The third kappa shape index (κ3) is 2.72. The van der Waals surface area contributed by atoms with Gasteiger partial charge < -0.3 is 24.1 Å². The molecule has 0 aromatic heterocycles. The summed E-state index contributed by atoms with van der Waals surface area (Å²) in [6.45, 7) is 5.83. The molecule has 5 nitrogen and oxygen atoms in total. The van der Waals surface area contributed by atoms with Crippen LogP contribution in [0.25, 0.3) is 0 Å². The van der Waals surface area contributed by atoms with Crippen molar-refractivity contribution in [1.29, 1.82) is 0 Å². The first-order valence-corrected chi connectivity index (χ1v) is 7.36. The van der Waals surface area contributed by atoms with Gasteiger partial charge in [0, 0.05) is 0 Å². The van der Waals surface area contributed by atoms with Crippen molar-refractivity contribution in [1.82, 2.24) is 0 Å². The Hall–Kier alpha value is -0.980. The van der Waals surface area contributed by atoms with E-state index in [1.165, 1.54) is 0 Å². The van der Waals surface area contributed by atoms with Crippen LogP contribution in [0.2, 0.25) is 0 Å². The van der Waals surface area contributed by atoms with Crippen molar-refractivity contribution in [3.63, 3.8) is 0 Å². The van der Waals surface area contributed by atoms with Gasteiger partial charge >= 0.3 is 0 Å². The average molecular weight is 294 g/mol. The Balaban J connectivity index is 1.76. The maximum absolute atomic E-state index is 11.0. The highest BCUT2D eigenvalue weighted by molar-refractivity contribution is 5.14. The lowest BCUT2D eigenvalue weighted by Crippen LogP contribution is -2.51. The zero-order valence-corrected chi connectivity index (χ0v) is 12.6. The van der Waals surface area contributed by atoms with Gasteiger partial charge in [-0.25, -0.2) is 0 Å². The van der Waals surface area contributed by atoms with E-state index in [9.17, 15) is 5.11 Å². The fourth-order valence-corrected chi connectivity index (χ4v) is 2.89. The Bertz CT molecular complexity index is 489. The summed E-state index contributed by atoms with van der Waals surface area (Å²) in [4.78, 5) is 0. The lowest BCUT2D eigenvalue weighted by Gasteiger charge is -2.33. The number of rotatable bonds is 4. The first kappa shape index (κ1) is 14.9. The SMILES string of the molecule is CC[C@H]1OC2OC(C)(C)O[C@@H]2[C@]1(O)OCc1ccccc1. The molecule has 0 amide bonds. The molecule has 0 saturated carbocycles. The first-order chi connectivity index (χ1) is 9.94. The molecule has 2 aliphatic rings. The van der Waals surface area contributed by atoms with Crippen molar-refractivity contribution in [3.05, 3.63) is 35.9 Å². The normalized spacial score (nSPS) is 37.6. The topological polar surface area (TPSA) is 57.2 Å². The monoisotopic (exact) mass is 294 g/mol. The molecule has 2 saturated heterocycles. The Kier molecular flexibility index (Phi) is 3.80. The Labute approximate surface area is 124 Å². The molecule has 0 spiro atoms. The molecule has 0 aliphatic carbocycles. The van der Waals surface area contributed by atoms with Gasteiger partial charge in [-0.2, -0.15) is 0 Å². The molecule has 21 heavy (non-hydrogen) atoms. The van der Waals surface area contributed by atoms with Crippen molar-refractivity contribution in [2.75, 3.05) is 0 Å². The van der Waals surface area contributed by atoms with E-state index in [2.05, 4.69) is 0 Å². The molecular formula is C16H22O5. The van der Waals surface area contributed by atoms with E-state index >= 15 is 0 Å². The van der Waals surface area contributed by atoms with Gasteiger partial charge in [-0.15, -0.1) is 0 Å². The van der Waals surface area contributed by atoms with Gasteiger partial charge in [0.05, 0.1) is 6.61 Å². The van der Waals surface area contributed by atoms with E-state index < -0.39 is 30.1 Å². The molecule has 2 fully saturated rings. The minimum atomic E-state index is -1.50. The van der Waals surface area contributed by atoms with Crippen LogP contribution in [0.4, 0.5) is 0 Å². The predicted octanol–water partition coefficient (Wildman–Crippen LogP) is 2.18. The van der Waals surface area contributed by atoms with Crippen LogP contribution in [0.3, 0.4) is 0 Å². The van der Waals surface area contributed by atoms with E-state index in [1.54, 1.807) is 13.8 Å². The Morgan fingerprint density at radius 3 is 2.57 bits per heavy atom. The van der Waals surface area contributed by atoms with Crippen molar-refractivity contribution >= 4 is 0 Å². The molecule has 1 N–H and O–H groups in total. The van der Waals surface area contributed by atoms with Crippen molar-refractivity contribution in [2.24, 2.45) is 0 Å². The Morgan fingerprint density at radius 1 is 1.19 bits per heavy atom. The van der Waals surface area contributed by atoms with Gasteiger partial charge in [-0.05, 0) is 25.8 Å². The van der Waals surface area contributed by atoms with E-state index in [0.29, 0.717) is 13.0 Å². The molecule has 2 heterocycles. The summed E-state index contributed by atoms with van der Waals surface area (Å²) in [5.41, 5.74) is 0.988. The highest BCUT2D eigenvalue weighted by Crippen LogP contribution is 2.44. The highest BCUT2D eigenvalue weighted by Gasteiger charge is 2.63. The summed E-state index contributed by atoms with van der Waals surface area (Å²) in [6.07, 6.45) is -1.08. The van der Waals surface area contributed by atoms with Gasteiger partial charge in [-0.1, -0.05) is 37.3 Å². The second-order valence-electron chi connectivity index (χ2n) is 5.98. The molecule has 3 rings (SSSR count). The van der Waals surface area contributed by atoms with E-state index in [-0.39, 0.29) is 0 Å². The number of ether oxygens (including phenoxy) is 4. The smallest absolute Gasteiger partial charge is 0.225 e. The third-order valence-electron chi connectivity index (χ3n) is 3.91. The van der Waals surface area contributed by atoms with Gasteiger partial charge in [-0.3, -0.25) is 0 Å². The van der Waals surface area contributed by atoms with E-state index in [4.69, 9.17) is 18.9 Å². The molecule has 116 valence electrons. The van der Waals surface area contributed by atoms with Crippen LogP contribution < -0.4 is 0 Å². The summed E-state index contributed by atoms with van der Waals surface area (Å²) in [7, 11) is 0. The van der Waals surface area contributed by atoms with E-state index in [0.717, 1.165) is 5.56 Å². The van der Waals surface area contributed by atoms with Crippen LogP contribution in [0, 0.1) is 0 Å². The quantitative estimate of drug-likeness (QED) is 0.863. The van der Waals surface area contributed by atoms with Crippen LogP contribution in [-0.2, 0) is 25.6 Å². The number of benzene rings is 1. The minimum absolute atomic E-state index is 0.296. The molecule has 1 aromatic carbocycles. The lowest BCUT2D eigenvalue weighted by molar-refractivity contribution is -0.302. The number of hydrogen-bond acceptors (Lipinski definition) is 5. The second kappa shape index (κ2) is 5.34. The summed E-state index contributed by atoms with van der Waals surface area (Å²) < 4.78 is 23.0. The summed E-state index contributed by atoms with van der Waals surface area (Å²) in [6, 6.07) is 9.72. The van der Waals surface area contributed by atoms with Crippen LogP contribution in [0.5, 0.6) is 0 Å². The summed E-state index contributed by atoms with van der Waals surface area (Å²) in [5, 5.41) is 11.0. The van der Waals surface area contributed by atoms with Crippen LogP contribution >= 0.6 is 0 Å². The minimum Gasteiger partial charge on any atom is -0.361 e. The molecule has 1 aromatic rings. The van der Waals surface area contributed by atoms with Crippen LogP contribution in [0.1, 0.15) is 32.8 Å². The largest absolute Gasteiger partial charge is 0.361 e. The number of aliphatic hydroxyl groups is 1. The zero-order chi connectivity index (χ0) is 15.1. The van der Waals surface area contributed by atoms with Gasteiger partial charge in [0.25, 0.3) is 0 Å². The molecule has 4 atom stereocenters. The summed E-state index contributed by atoms with van der Waals surface area (Å²) >= 11 is 0. The first-order valence-electron chi connectivity index (χ1n) is 7.36. The van der Waals surface area contributed by atoms with Crippen LogP contribution in [-0.4, -0.2) is 35.2 Å². The summed E-state index contributed by atoms with van der Waals surface area (Å²) in [5.74, 6) is -2.28. The molecule has 1 unspecified atom stereocenters. The fraction of sp³-hybridized carbons (Fsp3) is 0.625. The number of hydrogen-bond donors (Lipinski definition) is 1. The average Bonchev–Trinajstić information content (AvgIpc) is 2.90. The second-order valence-corrected chi connectivity index (χ2v) is 5.98. The van der Waals surface area contributed by atoms with E-state index in [1.807, 2.05) is 37.3 Å². The highest BCUT2D eigenvalue weighted by atomic mass is 16.9. The van der Waals surface area contributed by atoms with Gasteiger partial charge in [0.1, 0.15) is 6.10 Å². The van der Waals surface area contributed by atoms with Gasteiger partial charge in [0.15, 0.2) is 18.2 Å². The fourth-order valence-electron chi connectivity index (χ4n) is 2.89. The standard InChI is InChI=1S/C16H22O5/c1-4-12-16(17,18-10-11-8-6-5-7-9-11)13-14(19-12)21-15(2,3)20-13/h5-9,12-14,17H,4,10H2,1-3H3/t12-,13+,14?,16-/m1/s1. The van der Waals surface area contributed by atoms with Crippen molar-refractivity contribution in [3.8, 4) is 0 Å². The zero-order valence-electron chi connectivity index (χ0n) is 12.6.